The summed E-state index contributed by atoms with van der Waals surface area (Å²) in [4.78, 5) is 31.1. The minimum absolute atomic E-state index is 0.00809. The Morgan fingerprint density at radius 3 is 2.93 bits per heavy atom. The van der Waals surface area contributed by atoms with Crippen molar-refractivity contribution in [3.8, 4) is 6.07 Å². The highest BCUT2D eigenvalue weighted by atomic mass is 19.1. The molecule has 3 fully saturated rings. The lowest BCUT2D eigenvalue weighted by Crippen LogP contribution is -2.56. The molecule has 3 heterocycles. The van der Waals surface area contributed by atoms with Gasteiger partial charge in [0.2, 0.25) is 11.8 Å². The number of halogens is 1. The summed E-state index contributed by atoms with van der Waals surface area (Å²) in [5, 5.41) is 9.20. The number of nitrogens with zero attached hydrogens (tertiary/aromatic N) is 4. The Hall–Kier alpha value is -2.50. The Morgan fingerprint density at radius 1 is 1.45 bits per heavy atom. The van der Waals surface area contributed by atoms with Gasteiger partial charge >= 0.3 is 0 Å². The van der Waals surface area contributed by atoms with Crippen LogP contribution in [-0.2, 0) is 9.59 Å². The zero-order valence-corrected chi connectivity index (χ0v) is 16.5. The molecule has 2 amide bonds. The molecule has 0 aromatic heterocycles. The topological polar surface area (TPSA) is 93.7 Å². The summed E-state index contributed by atoms with van der Waals surface area (Å²) in [6.07, 6.45) is 2.20. The zero-order chi connectivity index (χ0) is 20.7. The van der Waals surface area contributed by atoms with Gasteiger partial charge < -0.3 is 15.5 Å². The van der Waals surface area contributed by atoms with Crippen molar-refractivity contribution >= 4 is 11.8 Å². The van der Waals surface area contributed by atoms with Crippen LogP contribution < -0.4 is 5.73 Å². The van der Waals surface area contributed by atoms with E-state index >= 15 is 0 Å². The van der Waals surface area contributed by atoms with E-state index in [9.17, 15) is 19.2 Å². The molecule has 3 aliphatic heterocycles. The molecule has 1 aromatic rings. The minimum atomic E-state index is -0.745. The van der Waals surface area contributed by atoms with E-state index in [1.807, 2.05) is 22.8 Å². The summed E-state index contributed by atoms with van der Waals surface area (Å²) in [7, 11) is 0. The van der Waals surface area contributed by atoms with E-state index in [0.29, 0.717) is 32.5 Å². The largest absolute Gasteiger partial charge is 0.330 e. The lowest BCUT2D eigenvalue weighted by atomic mass is 10.1. The van der Waals surface area contributed by atoms with Crippen molar-refractivity contribution in [2.24, 2.45) is 5.73 Å². The van der Waals surface area contributed by atoms with Crippen LogP contribution >= 0.6 is 0 Å². The Bertz CT molecular complexity index is 856. The number of nitriles is 1. The molecule has 5 unspecified atom stereocenters. The second-order valence-corrected chi connectivity index (χ2v) is 8.26. The van der Waals surface area contributed by atoms with Gasteiger partial charge in [-0.3, -0.25) is 14.5 Å². The highest BCUT2D eigenvalue weighted by Gasteiger charge is 2.51. The van der Waals surface area contributed by atoms with Crippen molar-refractivity contribution in [2.45, 2.75) is 56.4 Å². The van der Waals surface area contributed by atoms with Crippen molar-refractivity contribution in [1.29, 1.82) is 5.26 Å². The molecule has 0 saturated carbocycles. The van der Waals surface area contributed by atoms with Gasteiger partial charge in [-0.1, -0.05) is 12.1 Å². The molecular formula is C21H26FN5O2. The number of amides is 2. The fourth-order valence-corrected chi connectivity index (χ4v) is 5.03. The number of rotatable bonds is 5. The van der Waals surface area contributed by atoms with Crippen LogP contribution in [0.2, 0.25) is 0 Å². The fraction of sp³-hybridized carbons (Fsp3) is 0.571. The van der Waals surface area contributed by atoms with E-state index in [1.165, 1.54) is 12.1 Å². The summed E-state index contributed by atoms with van der Waals surface area (Å²) < 4.78 is 13.6. The third kappa shape index (κ3) is 3.49. The molecule has 3 aliphatic rings. The molecular weight excluding hydrogens is 373 g/mol. The van der Waals surface area contributed by atoms with Crippen LogP contribution in [0.4, 0.5) is 4.39 Å². The van der Waals surface area contributed by atoms with Crippen molar-refractivity contribution < 1.29 is 14.0 Å². The number of nitrogens with two attached hydrogens (primary N) is 1. The second kappa shape index (κ2) is 7.73. The van der Waals surface area contributed by atoms with E-state index in [2.05, 4.69) is 6.07 Å². The number of piperazine rings is 1. The van der Waals surface area contributed by atoms with Crippen molar-refractivity contribution in [2.75, 3.05) is 19.6 Å². The summed E-state index contributed by atoms with van der Waals surface area (Å²) in [5.74, 6) is -0.516. The van der Waals surface area contributed by atoms with Crippen molar-refractivity contribution in [3.05, 3.63) is 35.6 Å². The van der Waals surface area contributed by atoms with Gasteiger partial charge in [-0.05, 0) is 43.9 Å². The van der Waals surface area contributed by atoms with E-state index in [1.54, 1.807) is 11.0 Å². The quantitative estimate of drug-likeness (QED) is 0.798. The summed E-state index contributed by atoms with van der Waals surface area (Å²) in [6, 6.07) is 6.92. The molecule has 1 aromatic carbocycles. The van der Waals surface area contributed by atoms with Gasteiger partial charge in [0.05, 0.1) is 24.2 Å². The molecule has 7 nitrogen and oxygen atoms in total. The van der Waals surface area contributed by atoms with Gasteiger partial charge in [-0.2, -0.15) is 5.26 Å². The maximum atomic E-state index is 13.6. The van der Waals surface area contributed by atoms with Crippen LogP contribution in [0.25, 0.3) is 0 Å². The van der Waals surface area contributed by atoms with Crippen LogP contribution in [0.15, 0.2) is 24.3 Å². The number of fused-ring (bicyclic) bond motifs is 2. The van der Waals surface area contributed by atoms with Crippen LogP contribution in [0.5, 0.6) is 0 Å². The number of benzene rings is 1. The third-order valence-electron chi connectivity index (χ3n) is 6.50. The number of hydrogen-bond donors (Lipinski definition) is 1. The van der Waals surface area contributed by atoms with Crippen molar-refractivity contribution in [1.82, 2.24) is 14.7 Å². The average molecular weight is 399 g/mol. The standard InChI is InChI=1S/C21H26FN5O2/c1-13(14-4-2-5-15(22)8-14)27-17-9-19(21(27)29)25(11-17)12-18(24)20(28)26-7-3-6-16(26)10-23/h2,4-5,8,13,16-19H,3,6-7,9,11-12,24H2,1H3. The second-order valence-electron chi connectivity index (χ2n) is 8.26. The third-order valence-corrected chi connectivity index (χ3v) is 6.50. The van der Waals surface area contributed by atoms with Gasteiger partial charge in [0.25, 0.3) is 0 Å². The highest BCUT2D eigenvalue weighted by molar-refractivity contribution is 5.87. The van der Waals surface area contributed by atoms with Gasteiger partial charge in [0, 0.05) is 25.7 Å². The van der Waals surface area contributed by atoms with E-state index in [0.717, 1.165) is 12.0 Å². The first-order valence-electron chi connectivity index (χ1n) is 10.2. The normalized spacial score (nSPS) is 28.6. The Balaban J connectivity index is 1.40. The van der Waals surface area contributed by atoms with E-state index < -0.39 is 12.1 Å². The minimum Gasteiger partial charge on any atom is -0.330 e. The van der Waals surface area contributed by atoms with Gasteiger partial charge in [0.15, 0.2) is 0 Å². The zero-order valence-electron chi connectivity index (χ0n) is 16.5. The van der Waals surface area contributed by atoms with Gasteiger partial charge in [-0.15, -0.1) is 0 Å². The number of hydrogen-bond acceptors (Lipinski definition) is 5. The number of carbonyl (C=O) groups excluding carboxylic acids is 2. The van der Waals surface area contributed by atoms with Crippen LogP contribution in [-0.4, -0.2) is 70.3 Å². The monoisotopic (exact) mass is 399 g/mol. The molecule has 0 spiro atoms. The molecule has 2 N–H and O–H groups in total. The molecule has 3 saturated heterocycles. The molecule has 0 aliphatic carbocycles. The smallest absolute Gasteiger partial charge is 0.241 e. The van der Waals surface area contributed by atoms with E-state index in [4.69, 9.17) is 5.73 Å². The molecule has 4 rings (SSSR count). The van der Waals surface area contributed by atoms with Crippen LogP contribution in [0.3, 0.4) is 0 Å². The molecule has 154 valence electrons. The Labute approximate surface area is 169 Å². The molecule has 2 bridgehead atoms. The molecule has 0 radical (unpaired) electrons. The summed E-state index contributed by atoms with van der Waals surface area (Å²) in [5.41, 5.74) is 6.94. The van der Waals surface area contributed by atoms with E-state index in [-0.39, 0.29) is 35.8 Å². The van der Waals surface area contributed by atoms with Gasteiger partial charge in [-0.25, -0.2) is 4.39 Å². The first-order chi connectivity index (χ1) is 13.9. The number of carbonyl (C=O) groups is 2. The van der Waals surface area contributed by atoms with Crippen LogP contribution in [0.1, 0.15) is 37.8 Å². The number of likely N-dealkylation sites (tertiary alicyclic amines) is 3. The summed E-state index contributed by atoms with van der Waals surface area (Å²) in [6.45, 7) is 3.44. The van der Waals surface area contributed by atoms with Gasteiger partial charge in [0.1, 0.15) is 11.9 Å². The Kier molecular flexibility index (Phi) is 5.28. The maximum absolute atomic E-state index is 13.6. The summed E-state index contributed by atoms with van der Waals surface area (Å²) >= 11 is 0. The highest BCUT2D eigenvalue weighted by Crippen LogP contribution is 2.38. The predicted octanol–water partition coefficient (Wildman–Crippen LogP) is 1.01. The molecule has 5 atom stereocenters. The maximum Gasteiger partial charge on any atom is 0.241 e. The Morgan fingerprint density at radius 2 is 2.24 bits per heavy atom. The molecule has 8 heteroatoms. The predicted molar refractivity (Wildman–Crippen MR) is 104 cm³/mol. The molecule has 29 heavy (non-hydrogen) atoms. The first kappa shape index (κ1) is 19.8. The lowest BCUT2D eigenvalue weighted by molar-refractivity contribution is -0.141. The SMILES string of the molecule is CC(c1cccc(F)c1)N1C(=O)C2CC1CN2CC(N)C(=O)N1CCCC1C#N. The van der Waals surface area contributed by atoms with Crippen LogP contribution in [0, 0.1) is 17.1 Å². The average Bonchev–Trinajstić information content (AvgIpc) is 3.41. The first-order valence-corrected chi connectivity index (χ1v) is 10.2. The van der Waals surface area contributed by atoms with Crippen molar-refractivity contribution in [3.63, 3.8) is 0 Å². The fourth-order valence-electron chi connectivity index (χ4n) is 5.03. The lowest BCUT2D eigenvalue weighted by Gasteiger charge is -2.38.